The molecule has 112 valence electrons. The van der Waals surface area contributed by atoms with Crippen LogP contribution >= 0.6 is 0 Å². The number of phenolic OH excluding ortho intramolecular Hbond substituents is 1. The predicted molar refractivity (Wildman–Crippen MR) is 82.7 cm³/mol. The number of phenols is 1. The summed E-state index contributed by atoms with van der Waals surface area (Å²) in [5.74, 6) is 0.207. The van der Waals surface area contributed by atoms with E-state index in [0.29, 0.717) is 5.69 Å². The maximum Gasteiger partial charge on any atom is 0.238 e. The van der Waals surface area contributed by atoms with Gasteiger partial charge in [0.1, 0.15) is 5.75 Å². The molecule has 0 bridgehead atoms. The molecule has 6 heteroatoms. The van der Waals surface area contributed by atoms with Crippen LogP contribution in [0.4, 0.5) is 5.69 Å². The van der Waals surface area contributed by atoms with Crippen molar-refractivity contribution in [3.05, 3.63) is 53.6 Å². The lowest BCUT2D eigenvalue weighted by molar-refractivity contribution is 0.475. The maximum atomic E-state index is 11.4. The van der Waals surface area contributed by atoms with Crippen molar-refractivity contribution in [2.75, 3.05) is 5.32 Å². The summed E-state index contributed by atoms with van der Waals surface area (Å²) in [5, 5.41) is 17.7. The topological polar surface area (TPSA) is 92.4 Å². The number of primary sulfonamides is 1. The molecule has 0 aliphatic carbocycles. The normalized spacial score (nSPS) is 12.9. The fraction of sp³-hybridized carbons (Fsp3) is 0.200. The zero-order valence-corrected chi connectivity index (χ0v) is 12.7. The van der Waals surface area contributed by atoms with Gasteiger partial charge in [0.15, 0.2) is 0 Å². The van der Waals surface area contributed by atoms with Crippen LogP contribution in [0.2, 0.25) is 0 Å². The van der Waals surface area contributed by atoms with Gasteiger partial charge in [0.25, 0.3) is 0 Å². The van der Waals surface area contributed by atoms with Gasteiger partial charge in [-0.05, 0) is 49.2 Å². The third kappa shape index (κ3) is 3.74. The van der Waals surface area contributed by atoms with Crippen LogP contribution in [0.25, 0.3) is 0 Å². The Hall–Kier alpha value is -2.05. The minimum Gasteiger partial charge on any atom is -0.508 e. The fourth-order valence-electron chi connectivity index (χ4n) is 2.01. The average molecular weight is 306 g/mol. The molecule has 2 rings (SSSR count). The molecule has 0 fully saturated rings. The summed E-state index contributed by atoms with van der Waals surface area (Å²) in [4.78, 5) is 0.0773. The van der Waals surface area contributed by atoms with E-state index in [9.17, 15) is 13.5 Å². The fourth-order valence-corrected chi connectivity index (χ4v) is 2.55. The number of benzene rings is 2. The Bertz CT molecular complexity index is 740. The highest BCUT2D eigenvalue weighted by Crippen LogP contribution is 2.25. The molecule has 4 N–H and O–H groups in total. The highest BCUT2D eigenvalue weighted by molar-refractivity contribution is 7.89. The quantitative estimate of drug-likeness (QED) is 0.809. The first-order valence-electron chi connectivity index (χ1n) is 6.46. The van der Waals surface area contributed by atoms with Crippen LogP contribution in [0.1, 0.15) is 24.1 Å². The molecule has 0 aromatic heterocycles. The number of nitrogens with one attached hydrogen (secondary N) is 1. The average Bonchev–Trinajstić information content (AvgIpc) is 2.40. The van der Waals surface area contributed by atoms with Gasteiger partial charge in [0.05, 0.1) is 4.90 Å². The van der Waals surface area contributed by atoms with Gasteiger partial charge < -0.3 is 10.4 Å². The molecule has 0 aliphatic rings. The Labute approximate surface area is 124 Å². The van der Waals surface area contributed by atoms with E-state index in [2.05, 4.69) is 5.32 Å². The summed E-state index contributed by atoms with van der Waals surface area (Å²) in [6, 6.07) is 11.5. The first kappa shape index (κ1) is 15.3. The lowest BCUT2D eigenvalue weighted by atomic mass is 10.1. The zero-order chi connectivity index (χ0) is 15.6. The summed E-state index contributed by atoms with van der Waals surface area (Å²) in [6.45, 7) is 3.84. The molecule has 2 aromatic rings. The van der Waals surface area contributed by atoms with Crippen molar-refractivity contribution in [3.8, 4) is 5.75 Å². The van der Waals surface area contributed by atoms with Crippen LogP contribution in [-0.2, 0) is 10.0 Å². The van der Waals surface area contributed by atoms with Gasteiger partial charge in [-0.25, -0.2) is 13.6 Å². The van der Waals surface area contributed by atoms with E-state index in [0.717, 1.165) is 11.1 Å². The van der Waals surface area contributed by atoms with Crippen LogP contribution in [-0.4, -0.2) is 13.5 Å². The minimum atomic E-state index is -3.72. The van der Waals surface area contributed by atoms with Crippen molar-refractivity contribution in [2.45, 2.75) is 24.8 Å². The molecule has 0 saturated heterocycles. The molecule has 0 radical (unpaired) electrons. The largest absolute Gasteiger partial charge is 0.508 e. The molecule has 0 aliphatic heterocycles. The Morgan fingerprint density at radius 2 is 1.76 bits per heavy atom. The van der Waals surface area contributed by atoms with Crippen molar-refractivity contribution < 1.29 is 13.5 Å². The second-order valence-corrected chi connectivity index (χ2v) is 6.54. The second-order valence-electron chi connectivity index (χ2n) is 4.98. The van der Waals surface area contributed by atoms with Crippen molar-refractivity contribution in [3.63, 3.8) is 0 Å². The lowest BCUT2D eigenvalue weighted by Crippen LogP contribution is -2.13. The van der Waals surface area contributed by atoms with Gasteiger partial charge in [-0.2, -0.15) is 0 Å². The van der Waals surface area contributed by atoms with Gasteiger partial charge in [0.2, 0.25) is 10.0 Å². The van der Waals surface area contributed by atoms with E-state index >= 15 is 0 Å². The number of aromatic hydroxyl groups is 1. The van der Waals surface area contributed by atoms with Crippen LogP contribution < -0.4 is 10.5 Å². The monoisotopic (exact) mass is 306 g/mol. The molecule has 0 spiro atoms. The number of rotatable bonds is 4. The molecule has 5 nitrogen and oxygen atoms in total. The number of aryl methyl sites for hydroxylation is 1. The Balaban J connectivity index is 2.28. The second kappa shape index (κ2) is 5.75. The SMILES string of the molecule is Cc1ccc(S(N)(=O)=O)cc1NC(C)c1ccc(O)cc1. The minimum absolute atomic E-state index is 0.0416. The predicted octanol–water partition coefficient (Wildman–Crippen LogP) is 2.52. The number of anilines is 1. The molecule has 0 heterocycles. The summed E-state index contributed by atoms with van der Waals surface area (Å²) in [5.41, 5.74) is 2.61. The van der Waals surface area contributed by atoms with E-state index in [1.54, 1.807) is 18.2 Å². The lowest BCUT2D eigenvalue weighted by Gasteiger charge is -2.18. The molecular weight excluding hydrogens is 288 g/mol. The zero-order valence-electron chi connectivity index (χ0n) is 11.9. The molecule has 21 heavy (non-hydrogen) atoms. The van der Waals surface area contributed by atoms with Gasteiger partial charge in [-0.3, -0.25) is 0 Å². The Morgan fingerprint density at radius 3 is 2.33 bits per heavy atom. The number of hydrogen-bond donors (Lipinski definition) is 3. The van der Waals surface area contributed by atoms with Crippen LogP contribution in [0.5, 0.6) is 5.75 Å². The highest BCUT2D eigenvalue weighted by Gasteiger charge is 2.12. The molecule has 0 amide bonds. The van der Waals surface area contributed by atoms with Gasteiger partial charge >= 0.3 is 0 Å². The van der Waals surface area contributed by atoms with Crippen molar-refractivity contribution >= 4 is 15.7 Å². The third-order valence-electron chi connectivity index (χ3n) is 3.30. The van der Waals surface area contributed by atoms with Crippen molar-refractivity contribution in [1.82, 2.24) is 0 Å². The summed E-state index contributed by atoms with van der Waals surface area (Å²) < 4.78 is 22.8. The number of sulfonamides is 1. The number of hydrogen-bond acceptors (Lipinski definition) is 4. The van der Waals surface area contributed by atoms with Crippen LogP contribution in [0.15, 0.2) is 47.4 Å². The maximum absolute atomic E-state index is 11.4. The van der Waals surface area contributed by atoms with Gasteiger partial charge in [0, 0.05) is 11.7 Å². The molecule has 1 unspecified atom stereocenters. The van der Waals surface area contributed by atoms with E-state index < -0.39 is 10.0 Å². The Kier molecular flexibility index (Phi) is 4.20. The molecule has 2 aromatic carbocycles. The summed E-state index contributed by atoms with van der Waals surface area (Å²) >= 11 is 0. The van der Waals surface area contributed by atoms with E-state index in [4.69, 9.17) is 5.14 Å². The smallest absolute Gasteiger partial charge is 0.238 e. The van der Waals surface area contributed by atoms with E-state index in [1.807, 2.05) is 26.0 Å². The van der Waals surface area contributed by atoms with E-state index in [-0.39, 0.29) is 16.7 Å². The van der Waals surface area contributed by atoms with Crippen LogP contribution in [0.3, 0.4) is 0 Å². The standard InChI is InChI=1S/C15H18N2O3S/c1-10-3-8-14(21(16,19)20)9-15(10)17-11(2)12-4-6-13(18)7-5-12/h3-9,11,17-18H,1-2H3,(H2,16,19,20). The Morgan fingerprint density at radius 1 is 1.14 bits per heavy atom. The molecule has 1 atom stereocenters. The van der Waals surface area contributed by atoms with Crippen LogP contribution in [0, 0.1) is 6.92 Å². The van der Waals surface area contributed by atoms with Crippen molar-refractivity contribution in [1.29, 1.82) is 0 Å². The molecular formula is C15H18N2O3S. The summed E-state index contributed by atoms with van der Waals surface area (Å²) in [7, 11) is -3.72. The third-order valence-corrected chi connectivity index (χ3v) is 4.21. The first-order chi connectivity index (χ1) is 9.77. The number of nitrogens with two attached hydrogens (primary N) is 1. The summed E-state index contributed by atoms with van der Waals surface area (Å²) in [6.07, 6.45) is 0. The van der Waals surface area contributed by atoms with Crippen molar-refractivity contribution in [2.24, 2.45) is 5.14 Å². The van der Waals surface area contributed by atoms with E-state index in [1.165, 1.54) is 12.1 Å². The van der Waals surface area contributed by atoms with Gasteiger partial charge in [-0.15, -0.1) is 0 Å². The highest BCUT2D eigenvalue weighted by atomic mass is 32.2. The van der Waals surface area contributed by atoms with Gasteiger partial charge in [-0.1, -0.05) is 18.2 Å². The first-order valence-corrected chi connectivity index (χ1v) is 8.01. The molecule has 0 saturated carbocycles.